The van der Waals surface area contributed by atoms with Crippen LogP contribution in [0.4, 0.5) is 0 Å². The molecule has 0 aliphatic carbocycles. The summed E-state index contributed by atoms with van der Waals surface area (Å²) < 4.78 is 0. The molecule has 2 fully saturated rings. The number of hydrogen-bond acceptors (Lipinski definition) is 5. The maximum Gasteiger partial charge on any atom is 0.264 e. The summed E-state index contributed by atoms with van der Waals surface area (Å²) in [4.78, 5) is 40.1. The van der Waals surface area contributed by atoms with E-state index in [0.29, 0.717) is 18.0 Å². The lowest BCUT2D eigenvalue weighted by Gasteiger charge is -2.44. The van der Waals surface area contributed by atoms with E-state index in [1.165, 1.54) is 16.2 Å². The molecular weight excluding hydrogens is 294 g/mol. The van der Waals surface area contributed by atoms with Gasteiger partial charge in [-0.25, -0.2) is 0 Å². The number of thiophene rings is 1. The summed E-state index contributed by atoms with van der Waals surface area (Å²) >= 11 is 1.35. The average molecular weight is 309 g/mol. The topological polar surface area (TPSA) is 89.9 Å². The van der Waals surface area contributed by atoms with Crippen molar-refractivity contribution in [2.24, 2.45) is 0 Å². The third kappa shape index (κ3) is 2.40. The molecular formula is C13H15N3O4S. The van der Waals surface area contributed by atoms with E-state index in [-0.39, 0.29) is 24.3 Å². The van der Waals surface area contributed by atoms with Crippen molar-refractivity contribution in [1.29, 1.82) is 0 Å². The Morgan fingerprint density at radius 2 is 2.24 bits per heavy atom. The van der Waals surface area contributed by atoms with E-state index < -0.39 is 18.7 Å². The first-order valence-electron chi connectivity index (χ1n) is 6.66. The Morgan fingerprint density at radius 3 is 2.90 bits per heavy atom. The predicted molar refractivity (Wildman–Crippen MR) is 74.7 cm³/mol. The number of carbonyl (C=O) groups excluding carboxylic acids is 3. The number of piperazine rings is 2. The van der Waals surface area contributed by atoms with Crippen LogP contribution in [0.2, 0.25) is 0 Å². The fraction of sp³-hybridized carbons (Fsp3) is 0.462. The third-order valence-electron chi connectivity index (χ3n) is 3.78. The summed E-state index contributed by atoms with van der Waals surface area (Å²) in [7, 11) is 0. The van der Waals surface area contributed by atoms with E-state index in [4.69, 9.17) is 5.11 Å². The van der Waals surface area contributed by atoms with Gasteiger partial charge in [-0.1, -0.05) is 6.07 Å². The van der Waals surface area contributed by atoms with Crippen molar-refractivity contribution < 1.29 is 19.5 Å². The largest absolute Gasteiger partial charge is 0.394 e. The van der Waals surface area contributed by atoms with E-state index >= 15 is 0 Å². The average Bonchev–Trinajstić information content (AvgIpc) is 3.04. The van der Waals surface area contributed by atoms with Crippen LogP contribution in [0.5, 0.6) is 0 Å². The number of aliphatic hydroxyl groups excluding tert-OH is 1. The Labute approximate surface area is 125 Å². The van der Waals surface area contributed by atoms with Gasteiger partial charge in [0.05, 0.1) is 18.0 Å². The summed E-state index contributed by atoms with van der Waals surface area (Å²) in [6.45, 7) is 0.479. The maximum absolute atomic E-state index is 12.3. The molecule has 1 aromatic rings. The van der Waals surface area contributed by atoms with Crippen LogP contribution >= 0.6 is 11.3 Å². The van der Waals surface area contributed by atoms with Crippen molar-refractivity contribution in [3.8, 4) is 0 Å². The van der Waals surface area contributed by atoms with Crippen molar-refractivity contribution >= 4 is 29.1 Å². The molecule has 2 aliphatic rings. The van der Waals surface area contributed by atoms with Crippen molar-refractivity contribution in [3.63, 3.8) is 0 Å². The van der Waals surface area contributed by atoms with E-state index in [9.17, 15) is 14.4 Å². The SMILES string of the molecule is O=C1N[C@H](CO)C(=O)N2CCN(C(=O)c3cccs3)C[C@H]12. The van der Waals surface area contributed by atoms with Crippen LogP contribution in [0.15, 0.2) is 17.5 Å². The van der Waals surface area contributed by atoms with Crippen LogP contribution in [0.1, 0.15) is 9.67 Å². The number of amides is 3. The summed E-state index contributed by atoms with van der Waals surface area (Å²) in [5.41, 5.74) is 0. The number of nitrogens with zero attached hydrogens (tertiary/aromatic N) is 2. The van der Waals surface area contributed by atoms with Crippen LogP contribution in [0.3, 0.4) is 0 Å². The highest BCUT2D eigenvalue weighted by molar-refractivity contribution is 7.12. The fourth-order valence-electron chi connectivity index (χ4n) is 2.67. The number of fused-ring (bicyclic) bond motifs is 1. The van der Waals surface area contributed by atoms with Crippen molar-refractivity contribution in [2.45, 2.75) is 12.1 Å². The van der Waals surface area contributed by atoms with E-state index in [1.54, 1.807) is 17.0 Å². The quantitative estimate of drug-likeness (QED) is 0.725. The molecule has 3 amide bonds. The molecule has 7 nitrogen and oxygen atoms in total. The molecule has 0 spiro atoms. The smallest absolute Gasteiger partial charge is 0.264 e. The van der Waals surface area contributed by atoms with Crippen LogP contribution in [-0.2, 0) is 9.59 Å². The van der Waals surface area contributed by atoms with E-state index in [2.05, 4.69) is 5.32 Å². The first kappa shape index (κ1) is 14.0. The fourth-order valence-corrected chi connectivity index (χ4v) is 3.36. The van der Waals surface area contributed by atoms with Gasteiger partial charge in [-0.3, -0.25) is 14.4 Å². The highest BCUT2D eigenvalue weighted by atomic mass is 32.1. The van der Waals surface area contributed by atoms with Crippen LogP contribution in [-0.4, -0.2) is 71.0 Å². The molecule has 112 valence electrons. The normalized spacial score (nSPS) is 25.6. The number of rotatable bonds is 2. The van der Waals surface area contributed by atoms with Crippen molar-refractivity contribution in [2.75, 3.05) is 26.2 Å². The first-order chi connectivity index (χ1) is 10.1. The molecule has 3 heterocycles. The Kier molecular flexibility index (Phi) is 3.64. The lowest BCUT2D eigenvalue weighted by Crippen LogP contribution is -2.70. The molecule has 2 aliphatic heterocycles. The monoisotopic (exact) mass is 309 g/mol. The Balaban J connectivity index is 1.75. The molecule has 0 saturated carbocycles. The number of aliphatic hydroxyl groups is 1. The molecule has 0 radical (unpaired) electrons. The lowest BCUT2D eigenvalue weighted by atomic mass is 10.0. The van der Waals surface area contributed by atoms with Gasteiger partial charge in [0, 0.05) is 13.1 Å². The van der Waals surface area contributed by atoms with Gasteiger partial charge in [0.25, 0.3) is 5.91 Å². The van der Waals surface area contributed by atoms with Crippen LogP contribution in [0, 0.1) is 0 Å². The molecule has 8 heteroatoms. The molecule has 0 bridgehead atoms. The molecule has 3 rings (SSSR count). The standard InChI is InChI=1S/C13H15N3O4S/c17-7-8-12(19)16-4-3-15(6-9(16)11(18)14-8)13(20)10-2-1-5-21-10/h1-2,5,8-9,17H,3-4,6-7H2,(H,14,18)/t8-,9-/m1/s1. The first-order valence-corrected chi connectivity index (χ1v) is 7.54. The van der Waals surface area contributed by atoms with Gasteiger partial charge < -0.3 is 20.2 Å². The maximum atomic E-state index is 12.3. The molecule has 2 atom stereocenters. The molecule has 1 aromatic heterocycles. The third-order valence-corrected chi connectivity index (χ3v) is 4.64. The number of nitrogens with one attached hydrogen (secondary N) is 1. The predicted octanol–water partition coefficient (Wildman–Crippen LogP) is -1.11. The van der Waals surface area contributed by atoms with Gasteiger partial charge in [-0.2, -0.15) is 0 Å². The summed E-state index contributed by atoms with van der Waals surface area (Å²) in [5.74, 6) is -0.725. The number of carbonyl (C=O) groups is 3. The second-order valence-corrected chi connectivity index (χ2v) is 5.97. The minimum Gasteiger partial charge on any atom is -0.394 e. The lowest BCUT2D eigenvalue weighted by molar-refractivity contribution is -0.153. The Bertz CT molecular complexity index is 574. The molecule has 0 unspecified atom stereocenters. The zero-order chi connectivity index (χ0) is 15.0. The minimum atomic E-state index is -0.867. The summed E-state index contributed by atoms with van der Waals surface area (Å²) in [6, 6.07) is 2.01. The van der Waals surface area contributed by atoms with Crippen LogP contribution in [0.25, 0.3) is 0 Å². The zero-order valence-electron chi connectivity index (χ0n) is 11.2. The summed E-state index contributed by atoms with van der Waals surface area (Å²) in [5, 5.41) is 13.4. The van der Waals surface area contributed by atoms with Gasteiger partial charge in [0.1, 0.15) is 12.1 Å². The molecule has 2 N–H and O–H groups in total. The zero-order valence-corrected chi connectivity index (χ0v) is 12.0. The Morgan fingerprint density at radius 1 is 1.43 bits per heavy atom. The van der Waals surface area contributed by atoms with Gasteiger partial charge >= 0.3 is 0 Å². The van der Waals surface area contributed by atoms with Crippen molar-refractivity contribution in [1.82, 2.24) is 15.1 Å². The second kappa shape index (κ2) is 5.45. The van der Waals surface area contributed by atoms with Crippen LogP contribution < -0.4 is 5.32 Å². The highest BCUT2D eigenvalue weighted by Gasteiger charge is 2.44. The Hall–Kier alpha value is -1.93. The van der Waals surface area contributed by atoms with Gasteiger partial charge in [0.15, 0.2) is 0 Å². The van der Waals surface area contributed by atoms with E-state index in [1.807, 2.05) is 5.38 Å². The van der Waals surface area contributed by atoms with Crippen molar-refractivity contribution in [3.05, 3.63) is 22.4 Å². The second-order valence-electron chi connectivity index (χ2n) is 5.02. The molecule has 2 saturated heterocycles. The molecule has 21 heavy (non-hydrogen) atoms. The minimum absolute atomic E-state index is 0.116. The molecule has 0 aromatic carbocycles. The summed E-state index contributed by atoms with van der Waals surface area (Å²) in [6.07, 6.45) is 0. The van der Waals surface area contributed by atoms with Gasteiger partial charge in [-0.15, -0.1) is 11.3 Å². The number of hydrogen-bond donors (Lipinski definition) is 2. The van der Waals surface area contributed by atoms with E-state index in [0.717, 1.165) is 0 Å². The van der Waals surface area contributed by atoms with Gasteiger partial charge in [0.2, 0.25) is 11.8 Å². The van der Waals surface area contributed by atoms with Gasteiger partial charge in [-0.05, 0) is 11.4 Å². The highest BCUT2D eigenvalue weighted by Crippen LogP contribution is 2.19.